The molecule has 8 nitrogen and oxygen atoms in total. The number of rotatable bonds is 11. The molecule has 1 aliphatic rings. The highest BCUT2D eigenvalue weighted by molar-refractivity contribution is 8.00. The van der Waals surface area contributed by atoms with Gasteiger partial charge in [-0.25, -0.2) is 0 Å². The number of carbonyl (C=O) groups excluding carboxylic acids is 2. The zero-order valence-corrected chi connectivity index (χ0v) is 25.3. The van der Waals surface area contributed by atoms with Gasteiger partial charge in [-0.05, 0) is 66.9 Å². The molecule has 1 N–H and O–H groups in total. The van der Waals surface area contributed by atoms with E-state index in [9.17, 15) is 14.7 Å². The molecule has 1 fully saturated rings. The molecule has 42 heavy (non-hydrogen) atoms. The third-order valence-electron chi connectivity index (χ3n) is 6.46. The summed E-state index contributed by atoms with van der Waals surface area (Å²) in [4.78, 5) is 28.3. The van der Waals surface area contributed by atoms with Crippen LogP contribution in [0, 0.1) is 0 Å². The fraction of sp³-hybridized carbons (Fsp3) is 0.226. The van der Waals surface area contributed by atoms with Gasteiger partial charge in [-0.15, -0.1) is 10.2 Å². The molecule has 0 aliphatic carbocycles. The molecule has 5 rings (SSSR count). The largest absolute Gasteiger partial charge is 0.507 e. The number of amides is 1. The van der Waals surface area contributed by atoms with E-state index in [-0.39, 0.29) is 16.5 Å². The van der Waals surface area contributed by atoms with Crippen molar-refractivity contribution in [2.24, 2.45) is 0 Å². The predicted molar refractivity (Wildman–Crippen MR) is 166 cm³/mol. The lowest BCUT2D eigenvalue weighted by atomic mass is 9.95. The highest BCUT2D eigenvalue weighted by Gasteiger charge is 2.48. The molecule has 1 aliphatic heterocycles. The highest BCUT2D eigenvalue weighted by atomic mass is 35.5. The Labute approximate surface area is 257 Å². The van der Waals surface area contributed by atoms with Crippen LogP contribution in [0.25, 0.3) is 5.76 Å². The summed E-state index contributed by atoms with van der Waals surface area (Å²) in [7, 11) is 0. The third kappa shape index (κ3) is 6.30. The molecule has 1 atom stereocenters. The van der Waals surface area contributed by atoms with Crippen molar-refractivity contribution in [3.05, 3.63) is 100 Å². The summed E-state index contributed by atoms with van der Waals surface area (Å²) in [6, 6.07) is 20.5. The van der Waals surface area contributed by atoms with Crippen LogP contribution in [-0.4, -0.2) is 40.2 Å². The number of aliphatic hydroxyl groups excluding tert-OH is 1. The summed E-state index contributed by atoms with van der Waals surface area (Å²) in [5.41, 5.74) is 1.91. The van der Waals surface area contributed by atoms with E-state index in [1.165, 1.54) is 28.0 Å². The molecule has 11 heteroatoms. The van der Waals surface area contributed by atoms with Crippen molar-refractivity contribution < 1.29 is 24.2 Å². The van der Waals surface area contributed by atoms with Crippen LogP contribution >= 0.6 is 34.7 Å². The number of hydrogen-bond acceptors (Lipinski definition) is 9. The van der Waals surface area contributed by atoms with E-state index in [0.29, 0.717) is 51.0 Å². The number of thioether (sulfide) groups is 1. The van der Waals surface area contributed by atoms with Gasteiger partial charge in [0, 0.05) is 16.3 Å². The van der Waals surface area contributed by atoms with Crippen molar-refractivity contribution in [3.8, 4) is 11.5 Å². The quantitative estimate of drug-likeness (QED) is 0.0612. The van der Waals surface area contributed by atoms with Gasteiger partial charge in [0.15, 0.2) is 4.34 Å². The van der Waals surface area contributed by atoms with Crippen LogP contribution in [0.4, 0.5) is 5.13 Å². The van der Waals surface area contributed by atoms with Gasteiger partial charge in [-0.3, -0.25) is 14.5 Å². The number of benzene rings is 3. The lowest BCUT2D eigenvalue weighted by molar-refractivity contribution is -0.132. The van der Waals surface area contributed by atoms with E-state index in [4.69, 9.17) is 21.1 Å². The number of aromatic nitrogens is 2. The topological polar surface area (TPSA) is 102 Å². The molecule has 216 valence electrons. The van der Waals surface area contributed by atoms with Gasteiger partial charge >= 0.3 is 5.91 Å². The molecule has 0 bridgehead atoms. The first-order valence-electron chi connectivity index (χ1n) is 13.4. The third-order valence-corrected chi connectivity index (χ3v) is 8.94. The van der Waals surface area contributed by atoms with Crippen molar-refractivity contribution in [1.29, 1.82) is 0 Å². The summed E-state index contributed by atoms with van der Waals surface area (Å²) in [6.45, 7) is 4.96. The lowest BCUT2D eigenvalue weighted by Crippen LogP contribution is -2.29. The molecule has 3 aromatic carbocycles. The van der Waals surface area contributed by atoms with Gasteiger partial charge in [-0.2, -0.15) is 0 Å². The molecule has 0 spiro atoms. The van der Waals surface area contributed by atoms with Gasteiger partial charge in [0.1, 0.15) is 17.3 Å². The van der Waals surface area contributed by atoms with Crippen LogP contribution in [0.5, 0.6) is 11.5 Å². The zero-order chi connectivity index (χ0) is 29.6. The maximum absolute atomic E-state index is 13.5. The Balaban J connectivity index is 1.51. The molecule has 1 amide bonds. The number of anilines is 1. The maximum atomic E-state index is 13.5. The Bertz CT molecular complexity index is 1610. The number of Topliss-reactive ketones (excluding diaryl/α,β-unsaturated/α-hetero) is 1. The Morgan fingerprint density at radius 2 is 1.67 bits per heavy atom. The standard InChI is InChI=1S/C31H28ClN3O5S2/c1-3-17-40-23-15-11-20(12-16-23)27(36)25-26(19-9-13-22(14-10-19)39-4-2)35(29(38)28(25)37)30-33-34-31(42-30)41-18-21-7-5-6-8-24(21)32/h5-16,26,36H,3-4,17-18H2,1-2H3/b27-25-. The van der Waals surface area contributed by atoms with E-state index in [2.05, 4.69) is 10.2 Å². The van der Waals surface area contributed by atoms with Crippen LogP contribution in [0.3, 0.4) is 0 Å². The second kappa shape index (κ2) is 13.4. The van der Waals surface area contributed by atoms with E-state index >= 15 is 0 Å². The van der Waals surface area contributed by atoms with Crippen LogP contribution < -0.4 is 14.4 Å². The summed E-state index contributed by atoms with van der Waals surface area (Å²) in [5.74, 6) is -0.0273. The van der Waals surface area contributed by atoms with E-state index in [1.807, 2.05) is 38.1 Å². The smallest absolute Gasteiger partial charge is 0.301 e. The molecule has 0 radical (unpaired) electrons. The number of carbonyl (C=O) groups is 2. The Morgan fingerprint density at radius 3 is 2.36 bits per heavy atom. The Kier molecular flexibility index (Phi) is 9.46. The summed E-state index contributed by atoms with van der Waals surface area (Å²) in [6.07, 6.45) is 0.860. The molecule has 2 heterocycles. The van der Waals surface area contributed by atoms with Crippen LogP contribution in [0.1, 0.15) is 43.0 Å². The molecule has 1 unspecified atom stereocenters. The van der Waals surface area contributed by atoms with E-state index < -0.39 is 17.7 Å². The van der Waals surface area contributed by atoms with Crippen molar-refractivity contribution in [3.63, 3.8) is 0 Å². The number of aliphatic hydroxyl groups is 1. The molecular weight excluding hydrogens is 594 g/mol. The minimum atomic E-state index is -0.925. The fourth-order valence-corrected chi connectivity index (χ4v) is 6.61. The van der Waals surface area contributed by atoms with Crippen molar-refractivity contribution in [2.75, 3.05) is 18.1 Å². The number of ether oxygens (including phenoxy) is 2. The fourth-order valence-electron chi connectivity index (χ4n) is 4.46. The van der Waals surface area contributed by atoms with Crippen LogP contribution in [-0.2, 0) is 15.3 Å². The maximum Gasteiger partial charge on any atom is 0.301 e. The Morgan fingerprint density at radius 1 is 0.976 bits per heavy atom. The second-order valence-electron chi connectivity index (χ2n) is 9.27. The van der Waals surface area contributed by atoms with Gasteiger partial charge in [0.2, 0.25) is 5.13 Å². The van der Waals surface area contributed by atoms with Crippen molar-refractivity contribution in [2.45, 2.75) is 36.4 Å². The van der Waals surface area contributed by atoms with Crippen LogP contribution in [0.15, 0.2) is 82.7 Å². The molecule has 1 aromatic heterocycles. The zero-order valence-electron chi connectivity index (χ0n) is 23.0. The molecule has 1 saturated heterocycles. The second-order valence-corrected chi connectivity index (χ2v) is 11.9. The minimum Gasteiger partial charge on any atom is -0.507 e. The van der Waals surface area contributed by atoms with Gasteiger partial charge in [0.25, 0.3) is 5.78 Å². The molecular formula is C31H28ClN3O5S2. The van der Waals surface area contributed by atoms with Crippen molar-refractivity contribution >= 4 is 57.3 Å². The van der Waals surface area contributed by atoms with Gasteiger partial charge in [-0.1, -0.05) is 72.0 Å². The highest BCUT2D eigenvalue weighted by Crippen LogP contribution is 2.44. The summed E-state index contributed by atoms with van der Waals surface area (Å²) >= 11 is 8.93. The SMILES string of the molecule is CCCOc1ccc(/C(O)=C2/C(=O)C(=O)N(c3nnc(SCc4ccccc4Cl)s3)C2c2ccc(OCC)cc2)cc1. The summed E-state index contributed by atoms with van der Waals surface area (Å²) < 4.78 is 11.8. The number of halogens is 1. The number of ketones is 1. The summed E-state index contributed by atoms with van der Waals surface area (Å²) in [5, 5.41) is 20.9. The van der Waals surface area contributed by atoms with Gasteiger partial charge < -0.3 is 14.6 Å². The first kappa shape index (κ1) is 29.6. The monoisotopic (exact) mass is 621 g/mol. The number of hydrogen-bond donors (Lipinski definition) is 1. The predicted octanol–water partition coefficient (Wildman–Crippen LogP) is 7.30. The number of nitrogens with zero attached hydrogens (tertiary/aromatic N) is 3. The van der Waals surface area contributed by atoms with E-state index in [1.54, 1.807) is 48.5 Å². The first-order chi connectivity index (χ1) is 20.4. The van der Waals surface area contributed by atoms with Crippen LogP contribution in [0.2, 0.25) is 5.02 Å². The molecule has 0 saturated carbocycles. The molecule has 4 aromatic rings. The average Bonchev–Trinajstić information content (AvgIpc) is 3.58. The normalized spacial score (nSPS) is 16.2. The van der Waals surface area contributed by atoms with Crippen molar-refractivity contribution in [1.82, 2.24) is 10.2 Å². The average molecular weight is 622 g/mol. The van der Waals surface area contributed by atoms with E-state index in [0.717, 1.165) is 12.0 Å². The minimum absolute atomic E-state index is 0.0353. The Hall–Kier alpha value is -3.86. The lowest BCUT2D eigenvalue weighted by Gasteiger charge is -2.22. The first-order valence-corrected chi connectivity index (χ1v) is 15.6. The van der Waals surface area contributed by atoms with Gasteiger partial charge in [0.05, 0.1) is 24.8 Å².